The van der Waals surface area contributed by atoms with E-state index in [1.807, 2.05) is 0 Å². The van der Waals surface area contributed by atoms with Crippen LogP contribution < -0.4 is 16.4 Å². The molecule has 0 aliphatic heterocycles. The van der Waals surface area contributed by atoms with Crippen LogP contribution in [0.25, 0.3) is 0 Å². The molecular weight excluding hydrogens is 242 g/mol. The number of rotatable bonds is 3. The van der Waals surface area contributed by atoms with Crippen LogP contribution in [0.2, 0.25) is 0 Å². The van der Waals surface area contributed by atoms with Gasteiger partial charge in [-0.05, 0) is 31.2 Å². The Morgan fingerprint density at radius 3 is 1.88 bits per heavy atom. The Labute approximate surface area is 106 Å². The summed E-state index contributed by atoms with van der Waals surface area (Å²) in [5, 5.41) is 5.28. The van der Waals surface area contributed by atoms with Gasteiger partial charge in [-0.2, -0.15) is 0 Å². The fraction of sp³-hybridized carbons (Fsp3) is 0.273. The molecule has 4 N–H and O–H groups in total. The van der Waals surface area contributed by atoms with E-state index in [9.17, 15) is 9.59 Å². The topological polar surface area (TPSA) is 84.2 Å². The largest absolute Gasteiger partial charge is 0.326 e. The number of nitrogens with one attached hydrogen (secondary N) is 2. The number of nitrogens with two attached hydrogens (primary N) is 1. The molecule has 2 amide bonds. The van der Waals surface area contributed by atoms with Crippen molar-refractivity contribution in [3.63, 3.8) is 0 Å². The van der Waals surface area contributed by atoms with Crippen molar-refractivity contribution in [2.75, 3.05) is 10.6 Å². The van der Waals surface area contributed by atoms with E-state index in [1.54, 1.807) is 31.2 Å². The van der Waals surface area contributed by atoms with Gasteiger partial charge >= 0.3 is 0 Å². The average molecular weight is 258 g/mol. The first-order chi connectivity index (χ1) is 7.49. The summed E-state index contributed by atoms with van der Waals surface area (Å²) >= 11 is 0. The first kappa shape index (κ1) is 15.4. The minimum absolute atomic E-state index is 0. The Balaban J connectivity index is 0.00000256. The van der Waals surface area contributed by atoms with Gasteiger partial charge in [-0.3, -0.25) is 9.59 Å². The van der Waals surface area contributed by atoms with Crippen molar-refractivity contribution in [1.29, 1.82) is 0 Å². The number of halogens is 1. The summed E-state index contributed by atoms with van der Waals surface area (Å²) in [6, 6.07) is 6.27. The van der Waals surface area contributed by atoms with Crippen molar-refractivity contribution in [2.24, 2.45) is 5.73 Å². The molecule has 0 radical (unpaired) electrons. The summed E-state index contributed by atoms with van der Waals surface area (Å²) < 4.78 is 0. The zero-order chi connectivity index (χ0) is 12.1. The first-order valence-corrected chi connectivity index (χ1v) is 4.93. The molecule has 0 saturated carbocycles. The smallest absolute Gasteiger partial charge is 0.240 e. The summed E-state index contributed by atoms with van der Waals surface area (Å²) in [5.74, 6) is -0.375. The van der Waals surface area contributed by atoms with E-state index < -0.39 is 6.04 Å². The van der Waals surface area contributed by atoms with Crippen molar-refractivity contribution in [3.05, 3.63) is 24.3 Å². The van der Waals surface area contributed by atoms with E-state index >= 15 is 0 Å². The van der Waals surface area contributed by atoms with Crippen LogP contribution in [-0.2, 0) is 9.59 Å². The van der Waals surface area contributed by atoms with Crippen LogP contribution in [0.1, 0.15) is 13.8 Å². The molecule has 0 fully saturated rings. The Morgan fingerprint density at radius 1 is 1.12 bits per heavy atom. The van der Waals surface area contributed by atoms with Crippen LogP contribution in [0.5, 0.6) is 0 Å². The lowest BCUT2D eigenvalue weighted by atomic mass is 10.2. The molecule has 1 rings (SSSR count). The summed E-state index contributed by atoms with van der Waals surface area (Å²) in [7, 11) is 0. The second-order valence-electron chi connectivity index (χ2n) is 3.54. The first-order valence-electron chi connectivity index (χ1n) is 4.93. The van der Waals surface area contributed by atoms with Gasteiger partial charge in [0.15, 0.2) is 0 Å². The predicted octanol–water partition coefficient (Wildman–Crippen LogP) is 1.35. The van der Waals surface area contributed by atoms with Crippen LogP contribution in [-0.4, -0.2) is 17.9 Å². The van der Waals surface area contributed by atoms with E-state index in [1.165, 1.54) is 6.92 Å². The Hall–Kier alpha value is -1.59. The normalized spacial score (nSPS) is 11.0. The van der Waals surface area contributed by atoms with E-state index in [2.05, 4.69) is 10.6 Å². The van der Waals surface area contributed by atoms with Crippen molar-refractivity contribution in [1.82, 2.24) is 0 Å². The van der Waals surface area contributed by atoms with E-state index in [0.29, 0.717) is 11.4 Å². The quantitative estimate of drug-likeness (QED) is 0.764. The molecule has 0 aromatic heterocycles. The Morgan fingerprint density at radius 2 is 1.53 bits per heavy atom. The van der Waals surface area contributed by atoms with Gasteiger partial charge in [0.05, 0.1) is 6.04 Å². The third kappa shape index (κ3) is 5.33. The highest BCUT2D eigenvalue weighted by Crippen LogP contribution is 2.13. The summed E-state index contributed by atoms with van der Waals surface area (Å²) in [6.07, 6.45) is 0. The van der Waals surface area contributed by atoms with Gasteiger partial charge in [-0.1, -0.05) is 0 Å². The molecule has 0 aliphatic carbocycles. The summed E-state index contributed by atoms with van der Waals surface area (Å²) in [4.78, 5) is 22.0. The van der Waals surface area contributed by atoms with Gasteiger partial charge in [0, 0.05) is 18.3 Å². The summed E-state index contributed by atoms with van der Waals surface area (Å²) in [5.41, 5.74) is 6.75. The third-order valence-electron chi connectivity index (χ3n) is 1.89. The Kier molecular flexibility index (Phi) is 6.23. The zero-order valence-electron chi connectivity index (χ0n) is 9.69. The van der Waals surface area contributed by atoms with Crippen molar-refractivity contribution >= 4 is 35.6 Å². The van der Waals surface area contributed by atoms with E-state index in [0.717, 1.165) is 0 Å². The standard InChI is InChI=1S/C11H15N3O2.ClH/c1-7(12)11(16)14-10-5-3-9(4-6-10)13-8(2)15;/h3-7H,12H2,1-2H3,(H,13,15)(H,14,16);1H/t7-;/m0./s1. The van der Waals surface area contributed by atoms with Gasteiger partial charge < -0.3 is 16.4 Å². The van der Waals surface area contributed by atoms with Crippen molar-refractivity contribution in [3.8, 4) is 0 Å². The fourth-order valence-corrected chi connectivity index (χ4v) is 1.10. The molecule has 5 nitrogen and oxygen atoms in total. The Bertz CT molecular complexity index is 390. The van der Waals surface area contributed by atoms with Gasteiger partial charge in [-0.15, -0.1) is 12.4 Å². The predicted molar refractivity (Wildman–Crippen MR) is 70.3 cm³/mol. The maximum atomic E-state index is 11.3. The van der Waals surface area contributed by atoms with Gasteiger partial charge in [0.2, 0.25) is 11.8 Å². The molecule has 94 valence electrons. The lowest BCUT2D eigenvalue weighted by Gasteiger charge is -2.08. The van der Waals surface area contributed by atoms with Crippen LogP contribution in [0.15, 0.2) is 24.3 Å². The number of hydrogen-bond acceptors (Lipinski definition) is 3. The van der Waals surface area contributed by atoms with Crippen LogP contribution in [0.4, 0.5) is 11.4 Å². The molecule has 0 heterocycles. The number of carbonyl (C=O) groups excluding carboxylic acids is 2. The second kappa shape index (κ2) is 6.88. The molecule has 0 aliphatic rings. The number of amides is 2. The highest BCUT2D eigenvalue weighted by Gasteiger charge is 2.06. The molecular formula is C11H16ClN3O2. The monoisotopic (exact) mass is 257 g/mol. The molecule has 1 aromatic rings. The molecule has 0 bridgehead atoms. The van der Waals surface area contributed by atoms with E-state index in [-0.39, 0.29) is 24.2 Å². The summed E-state index contributed by atoms with van der Waals surface area (Å²) in [6.45, 7) is 3.05. The number of anilines is 2. The molecule has 1 aromatic carbocycles. The van der Waals surface area contributed by atoms with Crippen molar-refractivity contribution in [2.45, 2.75) is 19.9 Å². The SMILES string of the molecule is CC(=O)Nc1ccc(NC(=O)[C@H](C)N)cc1.Cl. The third-order valence-corrected chi connectivity index (χ3v) is 1.89. The second-order valence-corrected chi connectivity index (χ2v) is 3.54. The maximum absolute atomic E-state index is 11.3. The molecule has 0 unspecified atom stereocenters. The number of hydrogen-bond donors (Lipinski definition) is 3. The van der Waals surface area contributed by atoms with Crippen LogP contribution in [0.3, 0.4) is 0 Å². The molecule has 0 saturated heterocycles. The number of benzene rings is 1. The van der Waals surface area contributed by atoms with Gasteiger partial charge in [-0.25, -0.2) is 0 Å². The van der Waals surface area contributed by atoms with Crippen molar-refractivity contribution < 1.29 is 9.59 Å². The highest BCUT2D eigenvalue weighted by atomic mass is 35.5. The van der Waals surface area contributed by atoms with E-state index in [4.69, 9.17) is 5.73 Å². The highest BCUT2D eigenvalue weighted by molar-refractivity contribution is 5.95. The molecule has 1 atom stereocenters. The van der Waals surface area contributed by atoms with Gasteiger partial charge in [0.25, 0.3) is 0 Å². The van der Waals surface area contributed by atoms with Gasteiger partial charge in [0.1, 0.15) is 0 Å². The lowest BCUT2D eigenvalue weighted by molar-refractivity contribution is -0.117. The zero-order valence-corrected chi connectivity index (χ0v) is 10.5. The molecule has 6 heteroatoms. The molecule has 17 heavy (non-hydrogen) atoms. The van der Waals surface area contributed by atoms with Crippen LogP contribution >= 0.6 is 12.4 Å². The number of carbonyl (C=O) groups is 2. The fourth-order valence-electron chi connectivity index (χ4n) is 1.10. The maximum Gasteiger partial charge on any atom is 0.240 e. The molecule has 0 spiro atoms. The average Bonchev–Trinajstić information content (AvgIpc) is 2.20. The van der Waals surface area contributed by atoms with Crippen LogP contribution in [0, 0.1) is 0 Å². The minimum Gasteiger partial charge on any atom is -0.326 e. The lowest BCUT2D eigenvalue weighted by Crippen LogP contribution is -2.32. The minimum atomic E-state index is -0.546.